The van der Waals surface area contributed by atoms with Crippen molar-refractivity contribution in [1.29, 1.82) is 0 Å². The molecule has 1 nitrogen and oxygen atoms in total. The van der Waals surface area contributed by atoms with Gasteiger partial charge in [0.2, 0.25) is 0 Å². The minimum Gasteiger partial charge on any atom is -0.393 e. The standard InChI is InChI=1S/C21H32O/c1-4-14-6-8-18-17-7-5-15-13-16(22)9-11-21(15,3)19(17)10-12-20(14,18)2/h1,14-19,22H,5-13H2,2-3H3/t14-,15+,16?,17?,18?,19?,20+,21-/m0/s1. The fraction of sp³-hybridized carbons (Fsp3) is 0.905. The van der Waals surface area contributed by atoms with Gasteiger partial charge < -0.3 is 5.11 Å². The van der Waals surface area contributed by atoms with E-state index >= 15 is 0 Å². The fourth-order valence-electron chi connectivity index (χ4n) is 7.51. The summed E-state index contributed by atoms with van der Waals surface area (Å²) in [5, 5.41) is 10.1. The Morgan fingerprint density at radius 2 is 1.64 bits per heavy atom. The van der Waals surface area contributed by atoms with Crippen LogP contribution in [0.2, 0.25) is 0 Å². The molecule has 22 heavy (non-hydrogen) atoms. The molecule has 122 valence electrons. The van der Waals surface area contributed by atoms with E-state index in [-0.39, 0.29) is 6.10 Å². The lowest BCUT2D eigenvalue weighted by molar-refractivity contribution is -0.124. The van der Waals surface area contributed by atoms with E-state index in [0.29, 0.717) is 16.7 Å². The Labute approximate surface area is 136 Å². The Morgan fingerprint density at radius 1 is 0.909 bits per heavy atom. The summed E-state index contributed by atoms with van der Waals surface area (Å²) in [6.07, 6.45) is 17.3. The second-order valence-corrected chi connectivity index (χ2v) is 9.43. The number of hydrogen-bond donors (Lipinski definition) is 1. The molecule has 0 saturated heterocycles. The lowest BCUT2D eigenvalue weighted by Gasteiger charge is -2.60. The fourth-order valence-corrected chi connectivity index (χ4v) is 7.51. The van der Waals surface area contributed by atoms with Gasteiger partial charge in [0.15, 0.2) is 0 Å². The van der Waals surface area contributed by atoms with Gasteiger partial charge in [0.1, 0.15) is 0 Å². The highest BCUT2D eigenvalue weighted by atomic mass is 16.3. The number of fused-ring (bicyclic) bond motifs is 5. The van der Waals surface area contributed by atoms with Gasteiger partial charge in [-0.2, -0.15) is 0 Å². The summed E-state index contributed by atoms with van der Waals surface area (Å²) in [5.74, 6) is 7.11. The largest absolute Gasteiger partial charge is 0.393 e. The molecule has 1 N–H and O–H groups in total. The van der Waals surface area contributed by atoms with Gasteiger partial charge in [-0.25, -0.2) is 0 Å². The Hall–Kier alpha value is -0.480. The molecule has 4 rings (SSSR count). The normalized spacial score (nSPS) is 57.4. The third kappa shape index (κ3) is 1.89. The zero-order valence-corrected chi connectivity index (χ0v) is 14.4. The highest BCUT2D eigenvalue weighted by Gasteiger charge is 2.59. The molecule has 0 aromatic carbocycles. The number of aliphatic hydroxyl groups excluding tert-OH is 1. The van der Waals surface area contributed by atoms with Crippen LogP contribution in [0.4, 0.5) is 0 Å². The maximum Gasteiger partial charge on any atom is 0.0543 e. The summed E-state index contributed by atoms with van der Waals surface area (Å²) < 4.78 is 0. The topological polar surface area (TPSA) is 20.2 Å². The van der Waals surface area contributed by atoms with Crippen LogP contribution in [0, 0.1) is 52.8 Å². The van der Waals surface area contributed by atoms with Crippen molar-refractivity contribution in [2.75, 3.05) is 0 Å². The molecule has 0 heterocycles. The molecule has 0 aromatic heterocycles. The monoisotopic (exact) mass is 300 g/mol. The molecule has 4 aliphatic rings. The van der Waals surface area contributed by atoms with E-state index in [1.807, 2.05) is 0 Å². The van der Waals surface area contributed by atoms with Crippen LogP contribution in [0.15, 0.2) is 0 Å². The summed E-state index contributed by atoms with van der Waals surface area (Å²) in [6, 6.07) is 0. The summed E-state index contributed by atoms with van der Waals surface area (Å²) >= 11 is 0. The summed E-state index contributed by atoms with van der Waals surface area (Å²) in [4.78, 5) is 0. The maximum absolute atomic E-state index is 10.1. The smallest absolute Gasteiger partial charge is 0.0543 e. The molecule has 0 aliphatic heterocycles. The average Bonchev–Trinajstić information content (AvgIpc) is 2.84. The van der Waals surface area contributed by atoms with Gasteiger partial charge in [-0.05, 0) is 92.3 Å². The predicted octanol–water partition coefficient (Wildman–Crippen LogP) is 4.64. The van der Waals surface area contributed by atoms with Gasteiger partial charge in [-0.1, -0.05) is 13.8 Å². The number of aliphatic hydroxyl groups is 1. The van der Waals surface area contributed by atoms with Crippen molar-refractivity contribution in [2.24, 2.45) is 40.4 Å². The first-order valence-electron chi connectivity index (χ1n) is 9.63. The summed E-state index contributed by atoms with van der Waals surface area (Å²) in [5.41, 5.74) is 0.922. The summed E-state index contributed by atoms with van der Waals surface area (Å²) in [7, 11) is 0. The second-order valence-electron chi connectivity index (χ2n) is 9.43. The van der Waals surface area contributed by atoms with Crippen molar-refractivity contribution in [3.05, 3.63) is 0 Å². The maximum atomic E-state index is 10.1. The Kier molecular flexibility index (Phi) is 3.43. The van der Waals surface area contributed by atoms with E-state index in [1.54, 1.807) is 0 Å². The molecular weight excluding hydrogens is 268 g/mol. The van der Waals surface area contributed by atoms with E-state index in [4.69, 9.17) is 6.42 Å². The van der Waals surface area contributed by atoms with Crippen LogP contribution in [0.25, 0.3) is 0 Å². The Bertz CT molecular complexity index is 491. The minimum atomic E-state index is -0.0271. The van der Waals surface area contributed by atoms with E-state index in [1.165, 1.54) is 44.9 Å². The minimum absolute atomic E-state index is 0.0271. The lowest BCUT2D eigenvalue weighted by atomic mass is 9.44. The molecule has 0 bridgehead atoms. The number of rotatable bonds is 0. The zero-order valence-electron chi connectivity index (χ0n) is 14.4. The van der Waals surface area contributed by atoms with E-state index in [0.717, 1.165) is 36.5 Å². The van der Waals surface area contributed by atoms with E-state index in [2.05, 4.69) is 19.8 Å². The third-order valence-corrected chi connectivity index (χ3v) is 8.84. The first kappa shape index (κ1) is 15.1. The van der Waals surface area contributed by atoms with Gasteiger partial charge in [-0.3, -0.25) is 0 Å². The van der Waals surface area contributed by atoms with E-state index in [9.17, 15) is 5.11 Å². The quantitative estimate of drug-likeness (QED) is 0.646. The molecule has 0 amide bonds. The molecule has 0 spiro atoms. The molecule has 8 atom stereocenters. The molecule has 0 radical (unpaired) electrons. The van der Waals surface area contributed by atoms with Crippen molar-refractivity contribution >= 4 is 0 Å². The molecule has 4 unspecified atom stereocenters. The van der Waals surface area contributed by atoms with E-state index < -0.39 is 0 Å². The molecule has 4 fully saturated rings. The van der Waals surface area contributed by atoms with Gasteiger partial charge in [0, 0.05) is 5.92 Å². The molecule has 0 aromatic rings. The van der Waals surface area contributed by atoms with Crippen LogP contribution in [0.5, 0.6) is 0 Å². The number of hydrogen-bond acceptors (Lipinski definition) is 1. The predicted molar refractivity (Wildman–Crippen MR) is 90.1 cm³/mol. The molecule has 4 aliphatic carbocycles. The second kappa shape index (κ2) is 5.01. The van der Waals surface area contributed by atoms with Crippen LogP contribution in [-0.2, 0) is 0 Å². The average molecular weight is 300 g/mol. The SMILES string of the molecule is C#C[C@H]1CCC2C3CC[C@@H]4CC(O)CC[C@]4(C)C3CC[C@@]21C. The van der Waals surface area contributed by atoms with Crippen molar-refractivity contribution < 1.29 is 5.11 Å². The van der Waals surface area contributed by atoms with Gasteiger partial charge in [-0.15, -0.1) is 12.3 Å². The highest BCUT2D eigenvalue weighted by Crippen LogP contribution is 2.67. The van der Waals surface area contributed by atoms with Crippen LogP contribution in [0.3, 0.4) is 0 Å². The van der Waals surface area contributed by atoms with Crippen LogP contribution >= 0.6 is 0 Å². The van der Waals surface area contributed by atoms with Crippen molar-refractivity contribution in [1.82, 2.24) is 0 Å². The molecular formula is C21H32O. The zero-order chi connectivity index (χ0) is 15.5. The van der Waals surface area contributed by atoms with Gasteiger partial charge in [0.05, 0.1) is 6.10 Å². The van der Waals surface area contributed by atoms with Crippen molar-refractivity contribution in [3.63, 3.8) is 0 Å². The molecule has 1 heteroatoms. The van der Waals surface area contributed by atoms with Gasteiger partial charge >= 0.3 is 0 Å². The van der Waals surface area contributed by atoms with Crippen LogP contribution in [0.1, 0.15) is 71.6 Å². The van der Waals surface area contributed by atoms with Gasteiger partial charge in [0.25, 0.3) is 0 Å². The summed E-state index contributed by atoms with van der Waals surface area (Å²) in [6.45, 7) is 5.07. The molecule has 4 saturated carbocycles. The lowest BCUT2D eigenvalue weighted by Crippen LogP contribution is -2.53. The Balaban J connectivity index is 1.62. The Morgan fingerprint density at radius 3 is 2.41 bits per heavy atom. The van der Waals surface area contributed by atoms with Crippen LogP contribution in [-0.4, -0.2) is 11.2 Å². The van der Waals surface area contributed by atoms with Crippen LogP contribution < -0.4 is 0 Å². The number of terminal acetylenes is 1. The third-order valence-electron chi connectivity index (χ3n) is 8.84. The van der Waals surface area contributed by atoms with Crippen molar-refractivity contribution in [3.8, 4) is 12.3 Å². The highest BCUT2D eigenvalue weighted by molar-refractivity contribution is 5.14. The first-order chi connectivity index (χ1) is 10.5. The first-order valence-corrected chi connectivity index (χ1v) is 9.63. The van der Waals surface area contributed by atoms with Crippen molar-refractivity contribution in [2.45, 2.75) is 77.7 Å².